The van der Waals surface area contributed by atoms with Crippen LogP contribution in [0.4, 0.5) is 5.69 Å². The fraction of sp³-hybridized carbons (Fsp3) is 0.389. The van der Waals surface area contributed by atoms with Gasteiger partial charge in [0.2, 0.25) is 0 Å². The lowest BCUT2D eigenvalue weighted by Gasteiger charge is -2.26. The van der Waals surface area contributed by atoms with Crippen LogP contribution in [0.3, 0.4) is 0 Å². The zero-order valence-corrected chi connectivity index (χ0v) is 13.3. The van der Waals surface area contributed by atoms with Crippen LogP contribution in [0.5, 0.6) is 0 Å². The second kappa shape index (κ2) is 6.02. The Morgan fingerprint density at radius 1 is 1.19 bits per heavy atom. The summed E-state index contributed by atoms with van der Waals surface area (Å²) in [5, 5.41) is 2.43. The fourth-order valence-corrected chi connectivity index (χ4v) is 3.14. The number of benzene rings is 2. The molecule has 21 heavy (non-hydrogen) atoms. The molecule has 0 heterocycles. The summed E-state index contributed by atoms with van der Waals surface area (Å²) in [5.74, 6) is 0.880. The summed E-state index contributed by atoms with van der Waals surface area (Å²) in [6, 6.07) is 12.7. The molecule has 0 unspecified atom stereocenters. The van der Waals surface area contributed by atoms with Crippen molar-refractivity contribution in [3.05, 3.63) is 42.0 Å². The maximum Gasteiger partial charge on any atom is 0.104 e. The van der Waals surface area contributed by atoms with Crippen molar-refractivity contribution in [2.45, 2.75) is 26.2 Å². The largest absolute Gasteiger partial charge is 0.389 e. The molecule has 3 heteroatoms. The van der Waals surface area contributed by atoms with Gasteiger partial charge in [-0.1, -0.05) is 43.4 Å². The van der Waals surface area contributed by atoms with Gasteiger partial charge >= 0.3 is 0 Å². The van der Waals surface area contributed by atoms with Crippen LogP contribution in [0.2, 0.25) is 0 Å². The van der Waals surface area contributed by atoms with E-state index in [1.807, 2.05) is 0 Å². The molecule has 3 rings (SSSR count). The van der Waals surface area contributed by atoms with Crippen LogP contribution in [0.15, 0.2) is 36.4 Å². The number of hydrogen-bond acceptors (Lipinski definition) is 2. The Hall–Kier alpha value is -1.61. The van der Waals surface area contributed by atoms with Crippen LogP contribution in [-0.4, -0.2) is 18.1 Å². The molecule has 0 radical (unpaired) electrons. The summed E-state index contributed by atoms with van der Waals surface area (Å²) in [7, 11) is 0. The molecule has 0 spiro atoms. The van der Waals surface area contributed by atoms with Gasteiger partial charge in [0.25, 0.3) is 0 Å². The molecule has 0 amide bonds. The van der Waals surface area contributed by atoms with Gasteiger partial charge in [0.05, 0.1) is 0 Å². The van der Waals surface area contributed by atoms with E-state index in [9.17, 15) is 0 Å². The van der Waals surface area contributed by atoms with Crippen LogP contribution in [-0.2, 0) is 0 Å². The first-order valence-electron chi connectivity index (χ1n) is 7.77. The molecule has 0 atom stereocenters. The topological polar surface area (TPSA) is 29.3 Å². The molecule has 2 aromatic carbocycles. The van der Waals surface area contributed by atoms with Gasteiger partial charge in [0.1, 0.15) is 4.99 Å². The van der Waals surface area contributed by atoms with Gasteiger partial charge < -0.3 is 10.6 Å². The minimum absolute atomic E-state index is 0.474. The number of nitrogens with two attached hydrogens (primary N) is 1. The second-order valence-corrected chi connectivity index (χ2v) is 6.37. The van der Waals surface area contributed by atoms with Crippen LogP contribution >= 0.6 is 12.2 Å². The molecule has 2 aromatic rings. The summed E-state index contributed by atoms with van der Waals surface area (Å²) in [5.41, 5.74) is 8.17. The quantitative estimate of drug-likeness (QED) is 0.814. The molecule has 0 saturated heterocycles. The van der Waals surface area contributed by atoms with Crippen molar-refractivity contribution < 1.29 is 0 Å². The Morgan fingerprint density at radius 3 is 2.52 bits per heavy atom. The number of anilines is 1. The van der Waals surface area contributed by atoms with Gasteiger partial charge in [-0.3, -0.25) is 0 Å². The average molecular weight is 298 g/mol. The predicted octanol–water partition coefficient (Wildman–Crippen LogP) is 4.10. The Kier molecular flexibility index (Phi) is 4.11. The molecule has 1 aliphatic carbocycles. The van der Waals surface area contributed by atoms with Crippen molar-refractivity contribution in [3.8, 4) is 0 Å². The molecule has 110 valence electrons. The lowest BCUT2D eigenvalue weighted by atomic mass is 10.0. The Labute approximate surface area is 131 Å². The van der Waals surface area contributed by atoms with Gasteiger partial charge in [0.15, 0.2) is 0 Å². The molecule has 1 fully saturated rings. The zero-order valence-electron chi connectivity index (χ0n) is 12.5. The Morgan fingerprint density at radius 2 is 1.90 bits per heavy atom. The van der Waals surface area contributed by atoms with Gasteiger partial charge in [-0.05, 0) is 42.7 Å². The van der Waals surface area contributed by atoms with Crippen molar-refractivity contribution in [1.82, 2.24) is 0 Å². The first kappa shape index (κ1) is 14.3. The first-order valence-corrected chi connectivity index (χ1v) is 8.18. The lowest BCUT2D eigenvalue weighted by Crippen LogP contribution is -2.27. The summed E-state index contributed by atoms with van der Waals surface area (Å²) in [6.07, 6.45) is 3.92. The van der Waals surface area contributed by atoms with E-state index in [4.69, 9.17) is 18.0 Å². The molecule has 0 bridgehead atoms. The van der Waals surface area contributed by atoms with Crippen molar-refractivity contribution in [2.24, 2.45) is 11.7 Å². The van der Waals surface area contributed by atoms with E-state index in [0.717, 1.165) is 24.4 Å². The zero-order chi connectivity index (χ0) is 14.8. The minimum atomic E-state index is 0.474. The molecular weight excluding hydrogens is 276 g/mol. The summed E-state index contributed by atoms with van der Waals surface area (Å²) < 4.78 is 0. The normalized spacial score (nSPS) is 14.3. The second-order valence-electron chi connectivity index (χ2n) is 5.93. The van der Waals surface area contributed by atoms with Crippen LogP contribution < -0.4 is 10.6 Å². The van der Waals surface area contributed by atoms with E-state index in [0.29, 0.717) is 4.99 Å². The summed E-state index contributed by atoms with van der Waals surface area (Å²) in [6.45, 7) is 4.52. The maximum absolute atomic E-state index is 5.87. The van der Waals surface area contributed by atoms with Crippen molar-refractivity contribution in [1.29, 1.82) is 0 Å². The third kappa shape index (κ3) is 3.03. The molecule has 2 nitrogen and oxygen atoms in total. The average Bonchev–Trinajstić information content (AvgIpc) is 3.29. The van der Waals surface area contributed by atoms with Crippen molar-refractivity contribution >= 4 is 33.7 Å². The summed E-state index contributed by atoms with van der Waals surface area (Å²) >= 11 is 5.19. The third-order valence-electron chi connectivity index (χ3n) is 4.18. The van der Waals surface area contributed by atoms with Gasteiger partial charge in [-0.15, -0.1) is 0 Å². The lowest BCUT2D eigenvalue weighted by molar-refractivity contribution is 0.710. The first-order chi connectivity index (χ1) is 10.2. The molecule has 2 N–H and O–H groups in total. The van der Waals surface area contributed by atoms with Crippen LogP contribution in [0.1, 0.15) is 31.7 Å². The predicted molar refractivity (Wildman–Crippen MR) is 95.1 cm³/mol. The van der Waals surface area contributed by atoms with Crippen LogP contribution in [0.25, 0.3) is 10.8 Å². The van der Waals surface area contributed by atoms with Gasteiger partial charge in [-0.2, -0.15) is 0 Å². The number of fused-ring (bicyclic) bond motifs is 1. The van der Waals surface area contributed by atoms with Crippen molar-refractivity contribution in [2.75, 3.05) is 18.0 Å². The maximum atomic E-state index is 5.87. The molecule has 1 aliphatic rings. The monoisotopic (exact) mass is 298 g/mol. The van der Waals surface area contributed by atoms with Gasteiger partial charge in [-0.25, -0.2) is 0 Å². The fourth-order valence-electron chi connectivity index (χ4n) is 2.97. The van der Waals surface area contributed by atoms with Gasteiger partial charge in [0, 0.05) is 29.7 Å². The smallest absolute Gasteiger partial charge is 0.104 e. The highest BCUT2D eigenvalue weighted by atomic mass is 32.1. The molecule has 0 aliphatic heterocycles. The number of nitrogens with zero attached hydrogens (tertiary/aromatic N) is 1. The van der Waals surface area contributed by atoms with E-state index in [2.05, 4.69) is 48.2 Å². The SMILES string of the molecule is CCCN(CC1CC1)c1ccc(C(N)=S)c2ccccc12. The number of hydrogen-bond donors (Lipinski definition) is 1. The highest BCUT2D eigenvalue weighted by Crippen LogP contribution is 2.35. The summed E-state index contributed by atoms with van der Waals surface area (Å²) in [4.78, 5) is 3.01. The Bertz CT molecular complexity index is 661. The van der Waals surface area contributed by atoms with Crippen LogP contribution in [0, 0.1) is 5.92 Å². The molecular formula is C18H22N2S. The van der Waals surface area contributed by atoms with E-state index in [1.165, 1.54) is 35.8 Å². The number of thiocarbonyl (C=S) groups is 1. The van der Waals surface area contributed by atoms with E-state index in [1.54, 1.807) is 0 Å². The highest BCUT2D eigenvalue weighted by Gasteiger charge is 2.25. The Balaban J connectivity index is 2.08. The minimum Gasteiger partial charge on any atom is -0.389 e. The number of rotatable bonds is 6. The van der Waals surface area contributed by atoms with E-state index < -0.39 is 0 Å². The third-order valence-corrected chi connectivity index (χ3v) is 4.40. The molecule has 0 aromatic heterocycles. The molecule has 1 saturated carbocycles. The van der Waals surface area contributed by atoms with E-state index in [-0.39, 0.29) is 0 Å². The van der Waals surface area contributed by atoms with Crippen molar-refractivity contribution in [3.63, 3.8) is 0 Å². The van der Waals surface area contributed by atoms with E-state index >= 15 is 0 Å². The standard InChI is InChI=1S/C18H22N2S/c1-2-11-20(12-13-7-8-13)17-10-9-16(18(19)21)14-5-3-4-6-15(14)17/h3-6,9-10,13H,2,7-8,11-12H2,1H3,(H2,19,21). The highest BCUT2D eigenvalue weighted by molar-refractivity contribution is 7.80.